The third-order valence-corrected chi connectivity index (χ3v) is 6.72. The Labute approximate surface area is 161 Å². The number of rotatable bonds is 7. The van der Waals surface area contributed by atoms with Crippen LogP contribution in [0.15, 0.2) is 46.2 Å². The second-order valence-corrected chi connectivity index (χ2v) is 9.07. The van der Waals surface area contributed by atoms with Crippen molar-refractivity contribution < 1.29 is 31.5 Å². The number of nitrogens with one attached hydrogen (secondary N) is 2. The molecule has 0 spiro atoms. The monoisotopic (exact) mass is 434 g/mol. The Morgan fingerprint density at radius 1 is 1.07 bits per heavy atom. The fourth-order valence-electron chi connectivity index (χ4n) is 2.09. The van der Waals surface area contributed by atoms with Crippen LogP contribution in [0, 0.1) is 0 Å². The number of ether oxygens (including phenoxy) is 1. The predicted octanol–water partition coefficient (Wildman–Crippen LogP) is 1.76. The fourth-order valence-corrected chi connectivity index (χ4v) is 4.44. The zero-order valence-electron chi connectivity index (χ0n) is 14.1. The van der Waals surface area contributed by atoms with Crippen molar-refractivity contribution in [2.75, 3.05) is 18.9 Å². The van der Waals surface area contributed by atoms with Crippen LogP contribution in [0.3, 0.4) is 0 Å². The van der Waals surface area contributed by atoms with Gasteiger partial charge in [0.2, 0.25) is 10.0 Å². The Morgan fingerprint density at radius 3 is 2.30 bits per heavy atom. The summed E-state index contributed by atoms with van der Waals surface area (Å²) in [5.41, 5.74) is -0.441. The number of aromatic carboxylic acids is 1. The van der Waals surface area contributed by atoms with E-state index in [1.807, 2.05) is 0 Å². The minimum atomic E-state index is -4.34. The molecule has 0 unspecified atom stereocenters. The number of methoxy groups -OCH3 is 1. The first-order chi connectivity index (χ1) is 12.5. The van der Waals surface area contributed by atoms with Crippen LogP contribution in [-0.2, 0) is 20.0 Å². The maximum absolute atomic E-state index is 12.7. The Hall–Kier alpha value is -2.34. The molecule has 0 radical (unpaired) electrons. The maximum atomic E-state index is 12.7. The van der Waals surface area contributed by atoms with Crippen LogP contribution in [0.5, 0.6) is 5.75 Å². The van der Waals surface area contributed by atoms with Gasteiger partial charge in [-0.2, -0.15) is 0 Å². The number of carboxylic acids is 1. The third kappa shape index (κ3) is 4.50. The summed E-state index contributed by atoms with van der Waals surface area (Å²) in [5.74, 6) is -1.28. The van der Waals surface area contributed by atoms with Gasteiger partial charge in [0, 0.05) is 0 Å². The van der Waals surface area contributed by atoms with Gasteiger partial charge in [0.1, 0.15) is 10.6 Å². The molecule has 0 heterocycles. The predicted molar refractivity (Wildman–Crippen MR) is 98.5 cm³/mol. The maximum Gasteiger partial charge on any atom is 0.335 e. The zero-order valence-corrected chi connectivity index (χ0v) is 16.4. The minimum Gasteiger partial charge on any atom is -0.495 e. The Balaban J connectivity index is 2.57. The normalized spacial score (nSPS) is 11.8. The van der Waals surface area contributed by atoms with Crippen LogP contribution < -0.4 is 14.2 Å². The molecule has 0 saturated heterocycles. The van der Waals surface area contributed by atoms with Gasteiger partial charge in [-0.05, 0) is 43.4 Å². The summed E-state index contributed by atoms with van der Waals surface area (Å²) in [5, 5.41) is 8.84. The first-order valence-corrected chi connectivity index (χ1v) is 10.5. The second-order valence-electron chi connectivity index (χ2n) is 5.13. The molecule has 27 heavy (non-hydrogen) atoms. The lowest BCUT2D eigenvalue weighted by molar-refractivity contribution is 0.0696. The molecule has 9 nitrogen and oxygen atoms in total. The van der Waals surface area contributed by atoms with E-state index >= 15 is 0 Å². The summed E-state index contributed by atoms with van der Waals surface area (Å²) in [6.45, 7) is 0. The van der Waals surface area contributed by atoms with E-state index in [0.717, 1.165) is 24.3 Å². The molecule has 0 aliphatic heterocycles. The Kier molecular flexibility index (Phi) is 6.00. The van der Waals surface area contributed by atoms with E-state index in [1.54, 1.807) is 0 Å². The number of hydrogen-bond acceptors (Lipinski definition) is 6. The molecule has 0 amide bonds. The Bertz CT molecular complexity index is 1100. The molecule has 2 aromatic carbocycles. The average molecular weight is 435 g/mol. The van der Waals surface area contributed by atoms with E-state index in [2.05, 4.69) is 9.44 Å². The molecule has 146 valence electrons. The summed E-state index contributed by atoms with van der Waals surface area (Å²) in [6.07, 6.45) is 0. The van der Waals surface area contributed by atoms with E-state index in [0.29, 0.717) is 0 Å². The van der Waals surface area contributed by atoms with Gasteiger partial charge < -0.3 is 9.84 Å². The highest BCUT2D eigenvalue weighted by Gasteiger charge is 2.23. The van der Waals surface area contributed by atoms with Crippen molar-refractivity contribution in [1.82, 2.24) is 4.72 Å². The molecule has 2 rings (SSSR count). The van der Waals surface area contributed by atoms with Crippen molar-refractivity contribution in [2.24, 2.45) is 0 Å². The van der Waals surface area contributed by atoms with Gasteiger partial charge in [0.05, 0.1) is 28.3 Å². The summed E-state index contributed by atoms with van der Waals surface area (Å²) < 4.78 is 58.6. The van der Waals surface area contributed by atoms with Gasteiger partial charge in [-0.3, -0.25) is 4.72 Å². The van der Waals surface area contributed by atoms with Gasteiger partial charge in [-0.25, -0.2) is 26.4 Å². The van der Waals surface area contributed by atoms with Crippen LogP contribution in [0.4, 0.5) is 5.69 Å². The number of halogens is 1. The fraction of sp³-hybridized carbons (Fsp3) is 0.133. The minimum absolute atomic E-state index is 0.0548. The van der Waals surface area contributed by atoms with E-state index in [-0.39, 0.29) is 26.9 Å². The first-order valence-electron chi connectivity index (χ1n) is 7.19. The summed E-state index contributed by atoms with van der Waals surface area (Å²) >= 11 is 5.90. The molecule has 0 aliphatic carbocycles. The molecule has 0 aromatic heterocycles. The molecular formula is C15H15ClN2O7S2. The topological polar surface area (TPSA) is 139 Å². The second kappa shape index (κ2) is 7.72. The van der Waals surface area contributed by atoms with Crippen LogP contribution in [0.1, 0.15) is 10.4 Å². The summed E-state index contributed by atoms with van der Waals surface area (Å²) in [4.78, 5) is 10.4. The molecule has 12 heteroatoms. The molecule has 0 atom stereocenters. The van der Waals surface area contributed by atoms with Crippen molar-refractivity contribution in [2.45, 2.75) is 9.79 Å². The number of sulfonamides is 2. The lowest BCUT2D eigenvalue weighted by Crippen LogP contribution is -2.19. The summed E-state index contributed by atoms with van der Waals surface area (Å²) in [7, 11) is -5.69. The zero-order chi connectivity index (χ0) is 20.4. The quantitative estimate of drug-likeness (QED) is 0.603. The third-order valence-electron chi connectivity index (χ3n) is 3.46. The lowest BCUT2D eigenvalue weighted by Gasteiger charge is -2.14. The largest absolute Gasteiger partial charge is 0.495 e. The smallest absolute Gasteiger partial charge is 0.335 e. The number of carbonyl (C=O) groups is 1. The molecule has 3 N–H and O–H groups in total. The van der Waals surface area contributed by atoms with Crippen LogP contribution >= 0.6 is 11.6 Å². The van der Waals surface area contributed by atoms with Gasteiger partial charge in [-0.15, -0.1) is 0 Å². The van der Waals surface area contributed by atoms with Crippen LogP contribution in [-0.4, -0.2) is 42.1 Å². The van der Waals surface area contributed by atoms with E-state index in [1.165, 1.54) is 26.3 Å². The van der Waals surface area contributed by atoms with Gasteiger partial charge >= 0.3 is 5.97 Å². The number of benzene rings is 2. The van der Waals surface area contributed by atoms with Gasteiger partial charge in [0.25, 0.3) is 10.0 Å². The number of anilines is 1. The number of hydrogen-bond donors (Lipinski definition) is 3. The van der Waals surface area contributed by atoms with Crippen LogP contribution in [0.25, 0.3) is 0 Å². The molecule has 0 fully saturated rings. The van der Waals surface area contributed by atoms with Gasteiger partial charge in [0.15, 0.2) is 0 Å². The molecule has 0 bridgehead atoms. The van der Waals surface area contributed by atoms with Crippen molar-refractivity contribution in [1.29, 1.82) is 0 Å². The molecular weight excluding hydrogens is 420 g/mol. The molecule has 0 aliphatic rings. The van der Waals surface area contributed by atoms with Crippen molar-refractivity contribution in [3.63, 3.8) is 0 Å². The van der Waals surface area contributed by atoms with Crippen molar-refractivity contribution >= 4 is 43.3 Å². The lowest BCUT2D eigenvalue weighted by atomic mass is 10.2. The van der Waals surface area contributed by atoms with Crippen molar-refractivity contribution in [3.8, 4) is 5.75 Å². The van der Waals surface area contributed by atoms with E-state index < -0.39 is 30.9 Å². The first kappa shape index (κ1) is 21.0. The highest BCUT2D eigenvalue weighted by molar-refractivity contribution is 7.93. The highest BCUT2D eigenvalue weighted by Crippen LogP contribution is 2.31. The summed E-state index contributed by atoms with van der Waals surface area (Å²) in [6, 6.07) is 6.77. The van der Waals surface area contributed by atoms with Crippen molar-refractivity contribution in [3.05, 3.63) is 47.0 Å². The van der Waals surface area contributed by atoms with E-state index in [9.17, 15) is 21.6 Å². The van der Waals surface area contributed by atoms with Crippen LogP contribution in [0.2, 0.25) is 5.02 Å². The average Bonchev–Trinajstić information content (AvgIpc) is 2.61. The number of carboxylic acid groups (broad SMARTS) is 1. The highest BCUT2D eigenvalue weighted by atomic mass is 35.5. The standard InChI is InChI=1S/C15H15ClN2O7S2/c1-17-26(21,22)10-4-6-13(25-2)12(8-10)18-27(23,24)14-7-9(15(19)20)3-5-11(14)16/h3-8,17-18H,1-2H3,(H,19,20). The van der Waals surface area contributed by atoms with E-state index in [4.69, 9.17) is 21.4 Å². The van der Waals surface area contributed by atoms with Gasteiger partial charge in [-0.1, -0.05) is 11.6 Å². The molecule has 2 aromatic rings. The SMILES string of the molecule is CNS(=O)(=O)c1ccc(OC)c(NS(=O)(=O)c2cc(C(=O)O)ccc2Cl)c1. The molecule has 0 saturated carbocycles. The Morgan fingerprint density at radius 2 is 1.74 bits per heavy atom.